The number of ketones is 1. The number of Topliss-reactive ketones (excluding diaryl/α,β-unsaturated/α-hetero) is 1. The Kier molecular flexibility index (Phi) is 30.7. The number of esters is 2. The first-order chi connectivity index (χ1) is 17.6. The van der Waals surface area contributed by atoms with Crippen molar-refractivity contribution in [3.05, 3.63) is 0 Å². The van der Waals surface area contributed by atoms with Crippen molar-refractivity contribution in [2.75, 3.05) is 99.1 Å². The monoisotopic (exact) mass is 676 g/mol. The number of ether oxygens (including phenoxy) is 2. The van der Waals surface area contributed by atoms with E-state index in [9.17, 15) is 14.4 Å². The lowest BCUT2D eigenvalue weighted by atomic mass is 10.2. The number of hydrogen-bond acceptors (Lipinski definition) is 11. The lowest BCUT2D eigenvalue weighted by molar-refractivity contribution is -0.151. The van der Waals surface area contributed by atoms with E-state index in [2.05, 4.69) is 62.9 Å². The first-order valence-electron chi connectivity index (χ1n) is 12.7. The summed E-state index contributed by atoms with van der Waals surface area (Å²) < 4.78 is 9.83. The second-order valence-electron chi connectivity index (χ2n) is 8.41. The molecule has 2 rings (SSSR count). The second-order valence-corrected chi connectivity index (χ2v) is 10.2. The summed E-state index contributed by atoms with van der Waals surface area (Å²) in [5.74, 6) is -0.0897. The molecule has 3 unspecified atom stereocenters. The number of nitrogens with zero attached hydrogens (tertiary/aromatic N) is 2. The molecule has 2 saturated heterocycles. The molecule has 11 nitrogen and oxygen atoms in total. The molecule has 2 heterocycles. The van der Waals surface area contributed by atoms with Gasteiger partial charge in [0.2, 0.25) is 0 Å². The molecule has 0 aromatic rings. The molecule has 38 heavy (non-hydrogen) atoms. The molecule has 4 N–H and O–H groups in total. The molecule has 2 fully saturated rings. The molecule has 0 aliphatic carbocycles. The zero-order chi connectivity index (χ0) is 28.6. The fourth-order valence-electron chi connectivity index (χ4n) is 2.92. The van der Waals surface area contributed by atoms with Gasteiger partial charge in [-0.2, -0.15) is 0 Å². The van der Waals surface area contributed by atoms with Crippen molar-refractivity contribution in [2.24, 2.45) is 0 Å². The van der Waals surface area contributed by atoms with Gasteiger partial charge in [-0.05, 0) is 49.0 Å². The van der Waals surface area contributed by atoms with Crippen molar-refractivity contribution in [3.8, 4) is 0 Å². The normalized spacial score (nSPS) is 19.9. The molecule has 2 aliphatic rings. The maximum Gasteiger partial charge on any atom is 0.324 e. The van der Waals surface area contributed by atoms with Gasteiger partial charge in [0, 0.05) is 57.7 Å². The maximum atomic E-state index is 11.5. The van der Waals surface area contributed by atoms with E-state index in [1.165, 1.54) is 0 Å². The minimum absolute atomic E-state index is 0. The Labute approximate surface area is 248 Å². The van der Waals surface area contributed by atoms with E-state index in [1.807, 2.05) is 42.0 Å². The van der Waals surface area contributed by atoms with Crippen molar-refractivity contribution >= 4 is 49.6 Å². The molecule has 2 aliphatic heterocycles. The Morgan fingerprint density at radius 1 is 1.00 bits per heavy atom. The van der Waals surface area contributed by atoms with Crippen LogP contribution < -0.4 is 21.3 Å². The number of nitrogens with one attached hydrogen (secondary N) is 4. The summed E-state index contributed by atoms with van der Waals surface area (Å²) >= 11 is 6.29. The van der Waals surface area contributed by atoms with Crippen LogP contribution >= 0.6 is 31.9 Å². The van der Waals surface area contributed by atoms with Gasteiger partial charge in [0.15, 0.2) is 0 Å². The third-order valence-corrected chi connectivity index (χ3v) is 7.71. The van der Waals surface area contributed by atoms with Crippen LogP contribution in [0.3, 0.4) is 0 Å². The largest absolute Gasteiger partial charge is 0.465 e. The van der Waals surface area contributed by atoms with Gasteiger partial charge in [0.25, 0.3) is 0 Å². The summed E-state index contributed by atoms with van der Waals surface area (Å²) in [6, 6.07) is -0.234. The minimum atomic E-state index is -0.153. The number of likely N-dealkylation sites (N-methyl/N-ethyl adjacent to an activating group) is 4. The third kappa shape index (κ3) is 22.2. The quantitative estimate of drug-likeness (QED) is 0.157. The predicted molar refractivity (Wildman–Crippen MR) is 164 cm³/mol. The molecule has 3 atom stereocenters. The number of carbonyl (C=O) groups excluding carboxylic acids is 3. The summed E-state index contributed by atoms with van der Waals surface area (Å²) in [6.45, 7) is 13.4. The van der Waals surface area contributed by atoms with Crippen molar-refractivity contribution in [3.63, 3.8) is 0 Å². The van der Waals surface area contributed by atoms with Crippen LogP contribution in [0.2, 0.25) is 0 Å². The highest BCUT2D eigenvalue weighted by atomic mass is 79.9. The molecule has 0 spiro atoms. The van der Waals surface area contributed by atoms with Crippen LogP contribution in [-0.2, 0) is 23.9 Å². The van der Waals surface area contributed by atoms with Gasteiger partial charge in [-0.1, -0.05) is 39.3 Å². The standard InChI is InChI=1S/C9H18N2O2.C7H14N2O2.C4H6Br2O.C4H12N2.CH4/c1-4-13-9(12)8-7-10(2)5-6-11(8)3;1-2-11-7(10)6-5-8-3-4-9-6;1-3(7)4(6)2-5;1-5-3-4-6-2;/h8H,4-7H2,1-3H3;6,8-9H,2-5H2,1H3;4H,2H2,1H3;5-6H,3-4H2,1-2H3;1H4. The maximum absolute atomic E-state index is 11.5. The second kappa shape index (κ2) is 27.9. The number of piperazine rings is 2. The van der Waals surface area contributed by atoms with E-state index < -0.39 is 0 Å². The molecule has 0 saturated carbocycles. The zero-order valence-corrected chi connectivity index (χ0v) is 26.9. The molecular weight excluding hydrogens is 624 g/mol. The Hall–Kier alpha value is -0.670. The summed E-state index contributed by atoms with van der Waals surface area (Å²) in [5.41, 5.74) is 0. The average molecular weight is 679 g/mol. The van der Waals surface area contributed by atoms with Gasteiger partial charge < -0.3 is 35.6 Å². The van der Waals surface area contributed by atoms with E-state index in [0.717, 1.165) is 45.8 Å². The van der Waals surface area contributed by atoms with Gasteiger partial charge in [-0.15, -0.1) is 0 Å². The molecule has 228 valence electrons. The van der Waals surface area contributed by atoms with Crippen molar-refractivity contribution in [2.45, 2.75) is 45.1 Å². The van der Waals surface area contributed by atoms with Crippen LogP contribution in [0, 0.1) is 0 Å². The summed E-state index contributed by atoms with van der Waals surface area (Å²) in [5, 5.41) is 12.9. The Morgan fingerprint density at radius 2 is 1.55 bits per heavy atom. The zero-order valence-electron chi connectivity index (χ0n) is 23.7. The number of rotatable bonds is 9. The predicted octanol–water partition coefficient (Wildman–Crippen LogP) is 0.701. The van der Waals surface area contributed by atoms with Crippen LogP contribution in [0.4, 0.5) is 0 Å². The van der Waals surface area contributed by atoms with Crippen LogP contribution in [-0.4, -0.2) is 144 Å². The van der Waals surface area contributed by atoms with Gasteiger partial charge in [0.1, 0.15) is 17.9 Å². The summed E-state index contributed by atoms with van der Waals surface area (Å²) in [4.78, 5) is 37.0. The molecule has 0 bridgehead atoms. The van der Waals surface area contributed by atoms with Crippen LogP contribution in [0.25, 0.3) is 0 Å². The molecule has 0 radical (unpaired) electrons. The molecule has 0 amide bonds. The first-order valence-corrected chi connectivity index (χ1v) is 14.8. The first kappa shape index (κ1) is 41.8. The lowest BCUT2D eigenvalue weighted by Crippen LogP contribution is -2.54. The van der Waals surface area contributed by atoms with Gasteiger partial charge in [0.05, 0.1) is 18.0 Å². The van der Waals surface area contributed by atoms with E-state index in [4.69, 9.17) is 9.47 Å². The van der Waals surface area contributed by atoms with Crippen LogP contribution in [0.15, 0.2) is 0 Å². The van der Waals surface area contributed by atoms with Gasteiger partial charge in [-0.25, -0.2) is 0 Å². The average Bonchev–Trinajstić information content (AvgIpc) is 2.90. The minimum Gasteiger partial charge on any atom is -0.465 e. The smallest absolute Gasteiger partial charge is 0.324 e. The number of alkyl halides is 2. The van der Waals surface area contributed by atoms with E-state index >= 15 is 0 Å². The highest BCUT2D eigenvalue weighted by Crippen LogP contribution is 2.07. The SMILES string of the molecule is C.CC(=O)C(Br)CBr.CCOC(=O)C1CN(C)CCN1C.CCOC(=O)C1CNCCN1.CNCCNC. The fourth-order valence-corrected chi connectivity index (χ4v) is 3.38. The van der Waals surface area contributed by atoms with Crippen molar-refractivity contribution in [1.29, 1.82) is 0 Å². The molecule has 0 aromatic carbocycles. The van der Waals surface area contributed by atoms with Crippen LogP contribution in [0.5, 0.6) is 0 Å². The lowest BCUT2D eigenvalue weighted by Gasteiger charge is -2.35. The number of halogens is 2. The van der Waals surface area contributed by atoms with E-state index in [0.29, 0.717) is 25.1 Å². The van der Waals surface area contributed by atoms with Gasteiger partial charge in [-0.3, -0.25) is 19.3 Å². The van der Waals surface area contributed by atoms with Crippen molar-refractivity contribution < 1.29 is 23.9 Å². The van der Waals surface area contributed by atoms with E-state index in [-0.39, 0.29) is 42.1 Å². The van der Waals surface area contributed by atoms with Crippen molar-refractivity contribution in [1.82, 2.24) is 31.1 Å². The number of carbonyl (C=O) groups is 3. The highest BCUT2D eigenvalue weighted by molar-refractivity contribution is 9.12. The molecule has 13 heteroatoms. The highest BCUT2D eigenvalue weighted by Gasteiger charge is 2.29. The summed E-state index contributed by atoms with van der Waals surface area (Å²) in [7, 11) is 7.88. The number of hydrogen-bond donors (Lipinski definition) is 4. The Morgan fingerprint density at radius 3 is 1.95 bits per heavy atom. The van der Waals surface area contributed by atoms with E-state index in [1.54, 1.807) is 6.92 Å². The van der Waals surface area contributed by atoms with Crippen LogP contribution in [0.1, 0.15) is 28.2 Å². The topological polar surface area (TPSA) is 124 Å². The molecular formula is C25H54Br2N6O5. The Bertz CT molecular complexity index is 597. The molecule has 0 aromatic heterocycles. The summed E-state index contributed by atoms with van der Waals surface area (Å²) in [6.07, 6.45) is 0. The third-order valence-electron chi connectivity index (χ3n) is 5.22. The fraction of sp³-hybridized carbons (Fsp3) is 0.880. The van der Waals surface area contributed by atoms with Gasteiger partial charge >= 0.3 is 11.9 Å². The Balaban J connectivity index is -0.000000447.